The maximum absolute atomic E-state index is 11.6. The van der Waals surface area contributed by atoms with Crippen LogP contribution in [-0.4, -0.2) is 30.7 Å². The van der Waals surface area contributed by atoms with Crippen LogP contribution in [0.1, 0.15) is 26.2 Å². The van der Waals surface area contributed by atoms with Gasteiger partial charge in [0.05, 0.1) is 16.2 Å². The second kappa shape index (κ2) is 8.63. The molecule has 0 bridgehead atoms. The standard InChI is InChI=1S/C20H25N3O3S/c1-20(12-6-7-13-26-20)15-21-18-11-10-16(14-19(18)23(24)25)22(2)27-17-8-4-3-5-9-17/h3-5,8-11,14,21H,6-7,12-13,15H2,1-2H3. The summed E-state index contributed by atoms with van der Waals surface area (Å²) in [4.78, 5) is 12.3. The average molecular weight is 388 g/mol. The van der Waals surface area contributed by atoms with E-state index in [1.165, 1.54) is 11.9 Å². The number of hydrogen-bond acceptors (Lipinski definition) is 6. The summed E-state index contributed by atoms with van der Waals surface area (Å²) < 4.78 is 7.80. The predicted octanol–water partition coefficient (Wildman–Crippen LogP) is 5.11. The molecule has 1 atom stereocenters. The third-order valence-electron chi connectivity index (χ3n) is 4.73. The molecule has 3 rings (SSSR count). The molecule has 6 nitrogen and oxygen atoms in total. The Morgan fingerprint density at radius 1 is 1.26 bits per heavy atom. The molecular formula is C20H25N3O3S. The maximum Gasteiger partial charge on any atom is 0.294 e. The summed E-state index contributed by atoms with van der Waals surface area (Å²) in [5.41, 5.74) is 1.11. The van der Waals surface area contributed by atoms with Crippen molar-refractivity contribution in [3.63, 3.8) is 0 Å². The summed E-state index contributed by atoms with van der Waals surface area (Å²) in [6.45, 7) is 3.37. The first-order valence-corrected chi connectivity index (χ1v) is 9.87. The zero-order valence-corrected chi connectivity index (χ0v) is 16.5. The highest BCUT2D eigenvalue weighted by molar-refractivity contribution is 8.00. The van der Waals surface area contributed by atoms with Crippen molar-refractivity contribution >= 4 is 29.0 Å². The minimum absolute atomic E-state index is 0.0763. The van der Waals surface area contributed by atoms with Gasteiger partial charge in [0.25, 0.3) is 5.69 Å². The van der Waals surface area contributed by atoms with Crippen molar-refractivity contribution in [3.8, 4) is 0 Å². The SMILES string of the molecule is CN(Sc1ccccc1)c1ccc(NCC2(C)CCCCO2)c([N+](=O)[O-])c1. The minimum atomic E-state index is -0.336. The van der Waals surface area contributed by atoms with E-state index < -0.39 is 0 Å². The van der Waals surface area contributed by atoms with Crippen LogP contribution in [0.25, 0.3) is 0 Å². The first kappa shape index (κ1) is 19.5. The Labute approximate surface area is 164 Å². The van der Waals surface area contributed by atoms with E-state index in [0.29, 0.717) is 12.2 Å². The van der Waals surface area contributed by atoms with E-state index >= 15 is 0 Å². The van der Waals surface area contributed by atoms with Gasteiger partial charge in [-0.3, -0.25) is 10.1 Å². The summed E-state index contributed by atoms with van der Waals surface area (Å²) >= 11 is 1.53. The fourth-order valence-corrected chi connectivity index (χ4v) is 3.94. The number of nitrogens with one attached hydrogen (secondary N) is 1. The zero-order chi connectivity index (χ0) is 19.3. The lowest BCUT2D eigenvalue weighted by atomic mass is 9.96. The first-order chi connectivity index (χ1) is 13.0. The monoisotopic (exact) mass is 387 g/mol. The van der Waals surface area contributed by atoms with E-state index in [4.69, 9.17) is 4.74 Å². The predicted molar refractivity (Wildman–Crippen MR) is 110 cm³/mol. The van der Waals surface area contributed by atoms with Crippen LogP contribution in [-0.2, 0) is 4.74 Å². The van der Waals surface area contributed by atoms with Crippen molar-refractivity contribution in [3.05, 3.63) is 58.6 Å². The zero-order valence-electron chi connectivity index (χ0n) is 15.7. The second-order valence-electron chi connectivity index (χ2n) is 6.97. The molecule has 0 aromatic heterocycles. The van der Waals surface area contributed by atoms with Crippen LogP contribution >= 0.6 is 11.9 Å². The number of nitro groups is 1. The van der Waals surface area contributed by atoms with Gasteiger partial charge in [0.2, 0.25) is 0 Å². The quantitative estimate of drug-likeness (QED) is 0.404. The summed E-state index contributed by atoms with van der Waals surface area (Å²) in [6.07, 6.45) is 3.17. The van der Waals surface area contributed by atoms with Crippen LogP contribution in [0.2, 0.25) is 0 Å². The van der Waals surface area contributed by atoms with Gasteiger partial charge in [0, 0.05) is 31.2 Å². The van der Waals surface area contributed by atoms with Crippen molar-refractivity contribution in [2.75, 3.05) is 29.8 Å². The Morgan fingerprint density at radius 2 is 2.04 bits per heavy atom. The van der Waals surface area contributed by atoms with Crippen LogP contribution in [0, 0.1) is 10.1 Å². The van der Waals surface area contributed by atoms with Crippen molar-refractivity contribution in [1.29, 1.82) is 0 Å². The van der Waals surface area contributed by atoms with Gasteiger partial charge in [-0.2, -0.15) is 0 Å². The molecule has 1 saturated heterocycles. The second-order valence-corrected chi connectivity index (χ2v) is 8.17. The lowest BCUT2D eigenvalue weighted by Crippen LogP contribution is -2.39. The number of hydrogen-bond donors (Lipinski definition) is 1. The van der Waals surface area contributed by atoms with Gasteiger partial charge < -0.3 is 14.4 Å². The lowest BCUT2D eigenvalue weighted by molar-refractivity contribution is -0.383. The maximum atomic E-state index is 11.6. The van der Waals surface area contributed by atoms with Gasteiger partial charge in [-0.05, 0) is 62.4 Å². The largest absolute Gasteiger partial charge is 0.377 e. The number of nitrogens with zero attached hydrogens (tertiary/aromatic N) is 2. The van der Waals surface area contributed by atoms with Crippen LogP contribution in [0.5, 0.6) is 0 Å². The highest BCUT2D eigenvalue weighted by atomic mass is 32.2. The Bertz CT molecular complexity index is 779. The topological polar surface area (TPSA) is 67.6 Å². The molecule has 2 aromatic rings. The van der Waals surface area contributed by atoms with Gasteiger partial charge in [0.15, 0.2) is 0 Å². The van der Waals surface area contributed by atoms with Crippen molar-refractivity contribution in [2.45, 2.75) is 36.7 Å². The van der Waals surface area contributed by atoms with E-state index in [2.05, 4.69) is 12.2 Å². The molecule has 0 spiro atoms. The summed E-state index contributed by atoms with van der Waals surface area (Å²) in [7, 11) is 1.90. The number of ether oxygens (including phenoxy) is 1. The molecule has 0 aliphatic carbocycles. The number of rotatable bonds is 7. The van der Waals surface area contributed by atoms with Gasteiger partial charge >= 0.3 is 0 Å². The molecule has 27 heavy (non-hydrogen) atoms. The van der Waals surface area contributed by atoms with Crippen molar-refractivity contribution < 1.29 is 9.66 Å². The number of anilines is 2. The normalized spacial score (nSPS) is 19.5. The Morgan fingerprint density at radius 3 is 2.70 bits per heavy atom. The fourth-order valence-electron chi connectivity index (χ4n) is 3.12. The van der Waals surface area contributed by atoms with Crippen molar-refractivity contribution in [1.82, 2.24) is 0 Å². The minimum Gasteiger partial charge on any atom is -0.377 e. The van der Waals surface area contributed by atoms with Gasteiger partial charge in [-0.1, -0.05) is 18.2 Å². The Balaban J connectivity index is 1.73. The smallest absolute Gasteiger partial charge is 0.294 e. The van der Waals surface area contributed by atoms with Crippen LogP contribution < -0.4 is 9.62 Å². The number of nitro benzene ring substituents is 1. The average Bonchev–Trinajstić information content (AvgIpc) is 2.67. The van der Waals surface area contributed by atoms with Gasteiger partial charge in [0.1, 0.15) is 5.69 Å². The molecule has 1 aliphatic heterocycles. The van der Waals surface area contributed by atoms with E-state index in [9.17, 15) is 10.1 Å². The third kappa shape index (κ3) is 5.14. The highest BCUT2D eigenvalue weighted by Crippen LogP contribution is 2.34. The summed E-state index contributed by atoms with van der Waals surface area (Å²) in [6, 6.07) is 15.2. The van der Waals surface area contributed by atoms with Crippen LogP contribution in [0.3, 0.4) is 0 Å². The molecule has 7 heteroatoms. The molecule has 1 N–H and O–H groups in total. The third-order valence-corrected chi connectivity index (χ3v) is 5.70. The van der Waals surface area contributed by atoms with E-state index in [-0.39, 0.29) is 16.2 Å². The fraction of sp³-hybridized carbons (Fsp3) is 0.400. The first-order valence-electron chi connectivity index (χ1n) is 9.10. The molecule has 144 valence electrons. The molecule has 0 amide bonds. The van der Waals surface area contributed by atoms with E-state index in [1.807, 2.05) is 47.8 Å². The van der Waals surface area contributed by atoms with Gasteiger partial charge in [-0.15, -0.1) is 0 Å². The van der Waals surface area contributed by atoms with E-state index in [0.717, 1.165) is 36.5 Å². The summed E-state index contributed by atoms with van der Waals surface area (Å²) in [5, 5.41) is 14.8. The number of benzene rings is 2. The van der Waals surface area contributed by atoms with E-state index in [1.54, 1.807) is 12.1 Å². The molecule has 1 aliphatic rings. The molecule has 2 aromatic carbocycles. The molecule has 1 heterocycles. The Hall–Kier alpha value is -2.25. The molecule has 0 radical (unpaired) electrons. The molecule has 1 fully saturated rings. The molecule has 1 unspecified atom stereocenters. The van der Waals surface area contributed by atoms with Crippen molar-refractivity contribution in [2.24, 2.45) is 0 Å². The van der Waals surface area contributed by atoms with Gasteiger partial charge in [-0.25, -0.2) is 0 Å². The molecule has 0 saturated carbocycles. The lowest BCUT2D eigenvalue weighted by Gasteiger charge is -2.34. The van der Waals surface area contributed by atoms with Crippen LogP contribution in [0.4, 0.5) is 17.1 Å². The molecular weight excluding hydrogens is 362 g/mol. The Kier molecular flexibility index (Phi) is 6.23. The summed E-state index contributed by atoms with van der Waals surface area (Å²) in [5.74, 6) is 0. The highest BCUT2D eigenvalue weighted by Gasteiger charge is 2.28. The van der Waals surface area contributed by atoms with Crippen LogP contribution in [0.15, 0.2) is 53.4 Å².